The van der Waals surface area contributed by atoms with Gasteiger partial charge in [-0.15, -0.1) is 0 Å². The van der Waals surface area contributed by atoms with Crippen LogP contribution >= 0.6 is 0 Å². The zero-order valence-electron chi connectivity index (χ0n) is 16.3. The number of hydrogen-bond acceptors (Lipinski definition) is 7. The van der Waals surface area contributed by atoms with Gasteiger partial charge in [0, 0.05) is 32.2 Å². The van der Waals surface area contributed by atoms with Gasteiger partial charge in [0.15, 0.2) is 5.76 Å². The first kappa shape index (κ1) is 19.4. The maximum atomic E-state index is 12.4. The Morgan fingerprint density at radius 1 is 1.03 bits per heavy atom. The first-order valence-electron chi connectivity index (χ1n) is 9.39. The average molecular weight is 411 g/mol. The third-order valence-corrected chi connectivity index (χ3v) is 5.12. The lowest BCUT2D eigenvalue weighted by molar-refractivity contribution is 0.0600. The van der Waals surface area contributed by atoms with Crippen LogP contribution in [0.2, 0.25) is 0 Å². The lowest BCUT2D eigenvalue weighted by Gasteiger charge is -2.35. The van der Waals surface area contributed by atoms with E-state index in [2.05, 4.69) is 4.74 Å². The Morgan fingerprint density at radius 3 is 2.33 bits per heavy atom. The summed E-state index contributed by atoms with van der Waals surface area (Å²) in [5, 5.41) is 21.1. The number of piperazine rings is 1. The van der Waals surface area contributed by atoms with E-state index in [0.29, 0.717) is 48.9 Å². The monoisotopic (exact) mass is 411 g/mol. The topological polar surface area (TPSA) is 108 Å². The molecule has 0 radical (unpaired) electrons. The smallest absolute Gasteiger partial charge is 0.337 e. The summed E-state index contributed by atoms with van der Waals surface area (Å²) in [6, 6.07) is 11.1. The van der Waals surface area contributed by atoms with E-state index in [0.717, 1.165) is 0 Å². The normalized spacial score (nSPS) is 14.0. The number of amides is 1. The Balaban J connectivity index is 1.50. The van der Waals surface area contributed by atoms with Crippen molar-refractivity contribution in [3.8, 4) is 17.4 Å². The van der Waals surface area contributed by atoms with E-state index >= 15 is 0 Å². The second-order valence-electron chi connectivity index (χ2n) is 6.84. The molecule has 1 amide bonds. The summed E-state index contributed by atoms with van der Waals surface area (Å²) in [5.41, 5.74) is 1.33. The summed E-state index contributed by atoms with van der Waals surface area (Å²) in [5.74, 6) is -0.600. The molecule has 1 aliphatic heterocycles. The summed E-state index contributed by atoms with van der Waals surface area (Å²) in [6.45, 7) is 1.90. The number of furan rings is 1. The molecule has 9 nitrogen and oxygen atoms in total. The molecule has 0 aliphatic carbocycles. The van der Waals surface area contributed by atoms with Gasteiger partial charge in [-0.2, -0.15) is 0 Å². The van der Waals surface area contributed by atoms with Crippen molar-refractivity contribution in [2.75, 3.05) is 38.2 Å². The predicted octanol–water partition coefficient (Wildman–Crippen LogP) is 2.23. The molecule has 9 heteroatoms. The zero-order chi connectivity index (χ0) is 21.3. The Bertz CT molecular complexity index is 1050. The first-order chi connectivity index (χ1) is 14.5. The number of methoxy groups -OCH3 is 1. The van der Waals surface area contributed by atoms with Crippen molar-refractivity contribution in [1.29, 1.82) is 0 Å². The molecule has 4 rings (SSSR count). The third-order valence-electron chi connectivity index (χ3n) is 5.12. The lowest BCUT2D eigenvalue weighted by Crippen LogP contribution is -2.48. The number of carbonyl (C=O) groups is 2. The SMILES string of the molecule is COC(=O)c1ccc(-n2c(O)cc(N3CCN(C(=O)c4ccco4)CC3)c2O)cc1. The fourth-order valence-electron chi connectivity index (χ4n) is 3.53. The Labute approximate surface area is 172 Å². The van der Waals surface area contributed by atoms with Crippen LogP contribution < -0.4 is 4.90 Å². The van der Waals surface area contributed by atoms with Crippen molar-refractivity contribution >= 4 is 17.6 Å². The molecule has 0 saturated carbocycles. The largest absolute Gasteiger partial charge is 0.494 e. The highest BCUT2D eigenvalue weighted by Crippen LogP contribution is 2.38. The standard InChI is InChI=1S/C21H21N3O6/c1-29-21(28)14-4-6-15(7-5-14)24-18(25)13-16(19(24)26)22-8-10-23(11-9-22)20(27)17-3-2-12-30-17/h2-7,12-13,25-26H,8-11H2,1H3. The number of benzene rings is 1. The maximum Gasteiger partial charge on any atom is 0.337 e. The van der Waals surface area contributed by atoms with Crippen LogP contribution in [-0.4, -0.2) is 64.8 Å². The molecule has 3 heterocycles. The Morgan fingerprint density at radius 2 is 1.73 bits per heavy atom. The van der Waals surface area contributed by atoms with Gasteiger partial charge >= 0.3 is 5.97 Å². The minimum atomic E-state index is -0.467. The number of anilines is 1. The van der Waals surface area contributed by atoms with Gasteiger partial charge in [-0.3, -0.25) is 4.79 Å². The summed E-state index contributed by atoms with van der Waals surface area (Å²) < 4.78 is 11.1. The van der Waals surface area contributed by atoms with E-state index in [4.69, 9.17) is 4.42 Å². The lowest BCUT2D eigenvalue weighted by atomic mass is 10.2. The van der Waals surface area contributed by atoms with Gasteiger partial charge in [0.1, 0.15) is 5.69 Å². The van der Waals surface area contributed by atoms with Crippen LogP contribution in [-0.2, 0) is 4.74 Å². The minimum absolute atomic E-state index is 0.121. The molecule has 1 fully saturated rings. The second kappa shape index (κ2) is 7.86. The molecule has 2 N–H and O–H groups in total. The van der Waals surface area contributed by atoms with Crippen LogP contribution in [0.1, 0.15) is 20.9 Å². The molecule has 0 bridgehead atoms. The van der Waals surface area contributed by atoms with Crippen molar-refractivity contribution < 1.29 is 29.0 Å². The van der Waals surface area contributed by atoms with Crippen LogP contribution in [0.4, 0.5) is 5.69 Å². The maximum absolute atomic E-state index is 12.4. The van der Waals surface area contributed by atoms with Gasteiger partial charge in [-0.1, -0.05) is 0 Å². The van der Waals surface area contributed by atoms with E-state index in [9.17, 15) is 19.8 Å². The summed E-state index contributed by atoms with van der Waals surface area (Å²) >= 11 is 0. The molecular formula is C21H21N3O6. The summed E-state index contributed by atoms with van der Waals surface area (Å²) in [7, 11) is 1.30. The fraction of sp³-hybridized carbons (Fsp3) is 0.238. The van der Waals surface area contributed by atoms with Crippen LogP contribution in [0.5, 0.6) is 11.8 Å². The summed E-state index contributed by atoms with van der Waals surface area (Å²) in [6.07, 6.45) is 1.46. The minimum Gasteiger partial charge on any atom is -0.494 e. The number of aromatic nitrogens is 1. The van der Waals surface area contributed by atoms with Gasteiger partial charge < -0.3 is 29.2 Å². The Kier molecular flexibility index (Phi) is 5.09. The van der Waals surface area contributed by atoms with Gasteiger partial charge in [0.2, 0.25) is 11.8 Å². The highest BCUT2D eigenvalue weighted by Gasteiger charge is 2.27. The number of nitrogens with zero attached hydrogens (tertiary/aromatic N) is 3. The number of carbonyl (C=O) groups excluding carboxylic acids is 2. The van der Waals surface area contributed by atoms with Crippen LogP contribution in [0.25, 0.3) is 5.69 Å². The number of ether oxygens (including phenoxy) is 1. The van der Waals surface area contributed by atoms with Gasteiger partial charge in [-0.05, 0) is 36.4 Å². The van der Waals surface area contributed by atoms with Gasteiger partial charge in [0.25, 0.3) is 5.91 Å². The summed E-state index contributed by atoms with van der Waals surface area (Å²) in [4.78, 5) is 27.6. The number of hydrogen-bond donors (Lipinski definition) is 2. The van der Waals surface area contributed by atoms with Crippen LogP contribution in [0, 0.1) is 0 Å². The third kappa shape index (κ3) is 3.45. The molecule has 30 heavy (non-hydrogen) atoms. The quantitative estimate of drug-likeness (QED) is 0.634. The van der Waals surface area contributed by atoms with E-state index in [1.165, 1.54) is 24.0 Å². The average Bonchev–Trinajstić information content (AvgIpc) is 3.41. The molecule has 2 aromatic heterocycles. The highest BCUT2D eigenvalue weighted by atomic mass is 16.5. The zero-order valence-corrected chi connectivity index (χ0v) is 16.3. The van der Waals surface area contributed by atoms with E-state index in [1.54, 1.807) is 41.3 Å². The molecular weight excluding hydrogens is 390 g/mol. The van der Waals surface area contributed by atoms with Crippen LogP contribution in [0.3, 0.4) is 0 Å². The fourth-order valence-corrected chi connectivity index (χ4v) is 3.53. The number of esters is 1. The van der Waals surface area contributed by atoms with E-state index in [1.807, 2.05) is 4.90 Å². The van der Waals surface area contributed by atoms with Crippen molar-refractivity contribution in [2.24, 2.45) is 0 Å². The number of rotatable bonds is 4. The molecule has 0 atom stereocenters. The Hall–Kier alpha value is -3.88. The molecule has 1 saturated heterocycles. The van der Waals surface area contributed by atoms with Gasteiger partial charge in [-0.25, -0.2) is 9.36 Å². The highest BCUT2D eigenvalue weighted by molar-refractivity contribution is 5.91. The van der Waals surface area contributed by atoms with Crippen LogP contribution in [0.15, 0.2) is 53.1 Å². The van der Waals surface area contributed by atoms with E-state index < -0.39 is 5.97 Å². The molecule has 1 aliphatic rings. The van der Waals surface area contributed by atoms with E-state index in [-0.39, 0.29) is 17.7 Å². The van der Waals surface area contributed by atoms with Gasteiger partial charge in [0.05, 0.1) is 24.6 Å². The second-order valence-corrected chi connectivity index (χ2v) is 6.84. The van der Waals surface area contributed by atoms with Crippen molar-refractivity contribution in [3.63, 3.8) is 0 Å². The van der Waals surface area contributed by atoms with Crippen molar-refractivity contribution in [2.45, 2.75) is 0 Å². The molecule has 3 aromatic rings. The number of aromatic hydroxyl groups is 2. The predicted molar refractivity (Wildman–Crippen MR) is 107 cm³/mol. The first-order valence-corrected chi connectivity index (χ1v) is 9.39. The molecule has 156 valence electrons. The molecule has 1 aromatic carbocycles. The van der Waals surface area contributed by atoms with Crippen molar-refractivity contribution in [3.05, 3.63) is 60.1 Å². The molecule has 0 spiro atoms. The van der Waals surface area contributed by atoms with Crippen molar-refractivity contribution in [1.82, 2.24) is 9.47 Å². The molecule has 0 unspecified atom stereocenters.